The predicted octanol–water partition coefficient (Wildman–Crippen LogP) is 2.43. The van der Waals surface area contributed by atoms with Crippen molar-refractivity contribution in [3.8, 4) is 0 Å². The van der Waals surface area contributed by atoms with Gasteiger partial charge in [-0.05, 0) is 0 Å². The van der Waals surface area contributed by atoms with Crippen molar-refractivity contribution in [3.63, 3.8) is 0 Å². The molecule has 0 nitrogen and oxygen atoms in total. The Labute approximate surface area is 119 Å². The van der Waals surface area contributed by atoms with E-state index in [0.717, 1.165) is 17.8 Å². The standard InChI is InChI=1S/3C4H9.C2H5.Al.Li/c3*1-4(2)3;1-2;;/h3*4H,1H2,2-3H3;1H2,2H3;;/q;;;;-1;+1. The van der Waals surface area contributed by atoms with E-state index in [1.165, 1.54) is 5.28 Å². The van der Waals surface area contributed by atoms with Crippen molar-refractivity contribution in [2.75, 3.05) is 0 Å². The molecule has 0 spiro atoms. The van der Waals surface area contributed by atoms with Crippen molar-refractivity contribution in [1.29, 1.82) is 0 Å². The third kappa shape index (κ3) is 8.25. The molecule has 0 atom stereocenters. The second kappa shape index (κ2) is 9.11. The zero-order valence-corrected chi connectivity index (χ0v) is 14.3. The summed E-state index contributed by atoms with van der Waals surface area (Å²) < 4.78 is 0. The van der Waals surface area contributed by atoms with Crippen LogP contribution in [0.3, 0.4) is 0 Å². The fourth-order valence-electron chi connectivity index (χ4n) is 3.79. The van der Waals surface area contributed by atoms with Crippen LogP contribution in [0, 0.1) is 17.8 Å². The fourth-order valence-corrected chi connectivity index (χ4v) is 11.4. The summed E-state index contributed by atoms with van der Waals surface area (Å²) in [6, 6.07) is 0. The van der Waals surface area contributed by atoms with Gasteiger partial charge in [-0.15, -0.1) is 6.92 Å². The van der Waals surface area contributed by atoms with Crippen molar-refractivity contribution >= 4 is 13.1 Å². The summed E-state index contributed by atoms with van der Waals surface area (Å²) in [6.45, 7) is 16.9. The molecule has 0 N–H and O–H groups in total. The average molecular weight is 234 g/mol. The van der Waals surface area contributed by atoms with E-state index in [0.29, 0.717) is 0 Å². The van der Waals surface area contributed by atoms with Crippen LogP contribution in [0.4, 0.5) is 0 Å². The molecule has 0 aliphatic heterocycles. The van der Waals surface area contributed by atoms with E-state index in [1.54, 1.807) is 15.8 Å². The van der Waals surface area contributed by atoms with Crippen molar-refractivity contribution in [1.82, 2.24) is 0 Å². The van der Waals surface area contributed by atoms with Crippen molar-refractivity contribution < 1.29 is 18.9 Å². The molecule has 0 heterocycles. The zero-order valence-electron chi connectivity index (χ0n) is 13.1. The maximum absolute atomic E-state index is 2.46. The van der Waals surface area contributed by atoms with Gasteiger partial charge in [-0.1, -0.05) is 59.3 Å². The molecule has 0 aromatic heterocycles. The third-order valence-corrected chi connectivity index (χ3v) is 11.3. The quantitative estimate of drug-likeness (QED) is 0.593. The molecule has 0 aliphatic rings. The number of rotatable bonds is 7. The number of hydrogen-bond acceptors (Lipinski definition) is 0. The molecule has 92 valence electrons. The Hall–Kier alpha value is 1.13. The molecule has 0 unspecified atom stereocenters. The monoisotopic (exact) mass is 234 g/mol. The minimum absolute atomic E-state index is 0. The maximum atomic E-state index is 2.46. The minimum Gasteiger partial charge on any atom is -0.194 e. The first-order chi connectivity index (χ1) is 6.81. The van der Waals surface area contributed by atoms with Gasteiger partial charge in [0.25, 0.3) is 0 Å². The van der Waals surface area contributed by atoms with Crippen molar-refractivity contribution in [3.05, 3.63) is 0 Å². The van der Waals surface area contributed by atoms with Crippen LogP contribution in [0.25, 0.3) is 0 Å². The fraction of sp³-hybridized carbons (Fsp3) is 1.00. The summed E-state index contributed by atoms with van der Waals surface area (Å²) in [5.41, 5.74) is 0. The van der Waals surface area contributed by atoms with Crippen LogP contribution in [0.2, 0.25) is 21.1 Å². The Morgan fingerprint density at radius 1 is 0.688 bits per heavy atom. The molecule has 0 fully saturated rings. The summed E-state index contributed by atoms with van der Waals surface area (Å²) in [5, 5.41) is 6.22. The second-order valence-electron chi connectivity index (χ2n) is 7.03. The normalized spacial score (nSPS) is 12.4. The van der Waals surface area contributed by atoms with Crippen LogP contribution in [-0.2, 0) is 0 Å². The summed E-state index contributed by atoms with van der Waals surface area (Å²) in [7, 11) is 0. The molecule has 0 radical (unpaired) electrons. The molecule has 0 aliphatic carbocycles. The first-order valence-electron chi connectivity index (χ1n) is 7.03. The molecular weight excluding hydrogens is 202 g/mol. The number of hydrogen-bond donors (Lipinski definition) is 0. The van der Waals surface area contributed by atoms with E-state index in [2.05, 4.69) is 48.5 Å². The van der Waals surface area contributed by atoms with Crippen molar-refractivity contribution in [2.45, 2.75) is 69.6 Å². The Morgan fingerprint density at radius 2 is 0.938 bits per heavy atom. The van der Waals surface area contributed by atoms with Crippen LogP contribution in [0.5, 0.6) is 0 Å². The van der Waals surface area contributed by atoms with Gasteiger partial charge < -0.3 is 0 Å². The maximum Gasteiger partial charge on any atom is 1.00 e. The summed E-state index contributed by atoms with van der Waals surface area (Å²) in [6.07, 6.45) is 0. The second-order valence-corrected chi connectivity index (χ2v) is 12.7. The first-order valence-corrected chi connectivity index (χ1v) is 10.3. The predicted molar refractivity (Wildman–Crippen MR) is 75.2 cm³/mol. The van der Waals surface area contributed by atoms with E-state index in [4.69, 9.17) is 0 Å². The molecule has 16 heavy (non-hydrogen) atoms. The van der Waals surface area contributed by atoms with Crippen LogP contribution >= 0.6 is 0 Å². The molecule has 0 saturated carbocycles. The van der Waals surface area contributed by atoms with Gasteiger partial charge in [0.2, 0.25) is 0 Å². The molecule has 0 aromatic carbocycles. The molecule has 2 heteroatoms. The smallest absolute Gasteiger partial charge is 0.194 e. The van der Waals surface area contributed by atoms with Crippen LogP contribution in [-0.4, -0.2) is 13.1 Å². The Kier molecular flexibility index (Phi) is 11.1. The first kappa shape index (κ1) is 19.5. The van der Waals surface area contributed by atoms with Crippen LogP contribution < -0.4 is 18.9 Å². The van der Waals surface area contributed by atoms with Gasteiger partial charge in [0.15, 0.2) is 0 Å². The van der Waals surface area contributed by atoms with E-state index in [9.17, 15) is 0 Å². The van der Waals surface area contributed by atoms with Gasteiger partial charge in [0.1, 0.15) is 13.1 Å². The zero-order chi connectivity index (χ0) is 12.1. The molecule has 0 saturated heterocycles. The summed E-state index contributed by atoms with van der Waals surface area (Å²) >= 11 is -1.27. The van der Waals surface area contributed by atoms with E-state index in [1.807, 2.05) is 0 Å². The van der Waals surface area contributed by atoms with Crippen LogP contribution in [0.15, 0.2) is 0 Å². The third-order valence-electron chi connectivity index (χ3n) is 3.78. The molecule has 0 bridgehead atoms. The van der Waals surface area contributed by atoms with Gasteiger partial charge in [0.05, 0.1) is 0 Å². The molecular formula is C14H32AlLi. The van der Waals surface area contributed by atoms with Gasteiger partial charge in [-0.2, -0.15) is 21.1 Å². The van der Waals surface area contributed by atoms with Crippen molar-refractivity contribution in [2.24, 2.45) is 17.8 Å². The van der Waals surface area contributed by atoms with Gasteiger partial charge in [-0.3, -0.25) is 0 Å². The SMILES string of the molecule is C[CH2][Al-]([CH2]C(C)C)([CH2]C(C)C)[CH2]C(C)C.[Li+]. The Bertz CT molecular complexity index is 138. The van der Waals surface area contributed by atoms with E-state index < -0.39 is 13.1 Å². The molecule has 0 aromatic rings. The van der Waals surface area contributed by atoms with E-state index >= 15 is 0 Å². The van der Waals surface area contributed by atoms with Gasteiger partial charge >= 0.3 is 18.9 Å². The average Bonchev–Trinajstić information content (AvgIpc) is 1.99. The topological polar surface area (TPSA) is 0 Å². The van der Waals surface area contributed by atoms with E-state index in [-0.39, 0.29) is 18.9 Å². The van der Waals surface area contributed by atoms with Gasteiger partial charge in [-0.25, -0.2) is 0 Å². The molecule has 0 amide bonds. The Morgan fingerprint density at radius 3 is 1.06 bits per heavy atom. The summed E-state index contributed by atoms with van der Waals surface area (Å²) in [4.78, 5) is 0. The largest absolute Gasteiger partial charge is 1.00 e. The van der Waals surface area contributed by atoms with Crippen LogP contribution in [0.1, 0.15) is 48.5 Å². The minimum atomic E-state index is -1.27. The molecule has 0 rings (SSSR count). The van der Waals surface area contributed by atoms with Gasteiger partial charge in [0, 0.05) is 0 Å². The Balaban J connectivity index is 0. The summed E-state index contributed by atoms with van der Waals surface area (Å²) in [5.74, 6) is 2.73.